The predicted molar refractivity (Wildman–Crippen MR) is 93.4 cm³/mol. The molecule has 0 unspecified atom stereocenters. The van der Waals surface area contributed by atoms with Gasteiger partial charge in [-0.1, -0.05) is 82.2 Å². The van der Waals surface area contributed by atoms with Gasteiger partial charge in [0.15, 0.2) is 0 Å². The molecule has 1 aliphatic rings. The highest BCUT2D eigenvalue weighted by Gasteiger charge is 2.33. The van der Waals surface area contributed by atoms with Crippen LogP contribution >= 0.6 is 0 Å². The summed E-state index contributed by atoms with van der Waals surface area (Å²) >= 11 is 0. The first-order valence-corrected chi connectivity index (χ1v) is 9.26. The fourth-order valence-corrected chi connectivity index (χ4v) is 3.65. The number of benzene rings is 1. The molecule has 0 aliphatic carbocycles. The summed E-state index contributed by atoms with van der Waals surface area (Å²) in [6.07, 6.45) is 10.7. The zero-order chi connectivity index (χ0) is 16.5. The molecule has 0 saturated carbocycles. The van der Waals surface area contributed by atoms with Crippen LogP contribution in [-0.2, 0) is 4.79 Å². The van der Waals surface area contributed by atoms with Crippen LogP contribution in [0, 0.1) is 5.92 Å². The molecule has 1 fully saturated rings. The van der Waals surface area contributed by atoms with E-state index in [4.69, 9.17) is 0 Å². The van der Waals surface area contributed by atoms with Crippen molar-refractivity contribution in [3.05, 3.63) is 35.9 Å². The molecule has 1 N–H and O–H groups in total. The lowest BCUT2D eigenvalue weighted by atomic mass is 9.78. The normalized spacial score (nSPS) is 21.7. The number of hydroxylamine groups is 2. The molecular weight excluding hydrogens is 286 g/mol. The van der Waals surface area contributed by atoms with Gasteiger partial charge in [-0.2, -0.15) is 0 Å². The van der Waals surface area contributed by atoms with Crippen molar-refractivity contribution in [3.63, 3.8) is 0 Å². The zero-order valence-electron chi connectivity index (χ0n) is 14.4. The van der Waals surface area contributed by atoms with E-state index >= 15 is 0 Å². The van der Waals surface area contributed by atoms with E-state index in [0.29, 0.717) is 18.9 Å². The van der Waals surface area contributed by atoms with Crippen LogP contribution in [0.3, 0.4) is 0 Å². The van der Waals surface area contributed by atoms with Crippen molar-refractivity contribution in [2.45, 2.75) is 70.6 Å². The van der Waals surface area contributed by atoms with Gasteiger partial charge in [0.1, 0.15) is 0 Å². The Morgan fingerprint density at radius 1 is 1.04 bits per heavy atom. The Morgan fingerprint density at radius 2 is 1.70 bits per heavy atom. The van der Waals surface area contributed by atoms with Crippen LogP contribution in [0.4, 0.5) is 0 Å². The quantitative estimate of drug-likeness (QED) is 0.505. The van der Waals surface area contributed by atoms with E-state index in [2.05, 4.69) is 19.1 Å². The largest absolute Gasteiger partial charge is 0.286 e. The van der Waals surface area contributed by atoms with Crippen LogP contribution < -0.4 is 0 Å². The SMILES string of the molecule is CCCCCCCCC[C@H]1CC(=O)N(O)C[C@@H]1c1ccccc1. The topological polar surface area (TPSA) is 40.5 Å². The van der Waals surface area contributed by atoms with Crippen molar-refractivity contribution < 1.29 is 10.0 Å². The van der Waals surface area contributed by atoms with E-state index in [0.717, 1.165) is 11.5 Å². The summed E-state index contributed by atoms with van der Waals surface area (Å²) in [6.45, 7) is 2.68. The molecule has 1 aliphatic heterocycles. The number of unbranched alkanes of at least 4 members (excludes halogenated alkanes) is 6. The zero-order valence-corrected chi connectivity index (χ0v) is 14.4. The van der Waals surface area contributed by atoms with E-state index in [-0.39, 0.29) is 11.8 Å². The maximum absolute atomic E-state index is 11.9. The molecule has 1 saturated heterocycles. The standard InChI is InChI=1S/C20H31NO2/c1-2-3-4-5-6-7-9-14-18-15-20(22)21(23)16-19(18)17-12-10-8-11-13-17/h8,10-13,18-19,23H,2-7,9,14-16H2,1H3/t18-,19+/m0/s1. The van der Waals surface area contributed by atoms with Crippen molar-refractivity contribution in [3.8, 4) is 0 Å². The van der Waals surface area contributed by atoms with Crippen molar-refractivity contribution >= 4 is 5.91 Å². The number of carbonyl (C=O) groups is 1. The van der Waals surface area contributed by atoms with Gasteiger partial charge in [-0.3, -0.25) is 10.0 Å². The summed E-state index contributed by atoms with van der Waals surface area (Å²) in [7, 11) is 0. The predicted octanol–water partition coefficient (Wildman–Crippen LogP) is 5.15. The lowest BCUT2D eigenvalue weighted by Gasteiger charge is -2.35. The summed E-state index contributed by atoms with van der Waals surface area (Å²) in [6, 6.07) is 10.3. The van der Waals surface area contributed by atoms with E-state index in [9.17, 15) is 10.0 Å². The average Bonchev–Trinajstić information content (AvgIpc) is 2.57. The number of hydrogen-bond donors (Lipinski definition) is 1. The lowest BCUT2D eigenvalue weighted by Crippen LogP contribution is -2.41. The van der Waals surface area contributed by atoms with Crippen LogP contribution in [0.5, 0.6) is 0 Å². The molecule has 1 aromatic rings. The number of hydrogen-bond acceptors (Lipinski definition) is 2. The van der Waals surface area contributed by atoms with Crippen molar-refractivity contribution in [1.29, 1.82) is 0 Å². The molecule has 1 heterocycles. The molecule has 3 heteroatoms. The molecule has 1 amide bonds. The Kier molecular flexibility index (Phi) is 7.60. The Morgan fingerprint density at radius 3 is 2.39 bits per heavy atom. The summed E-state index contributed by atoms with van der Waals surface area (Å²) in [5.74, 6) is 0.507. The molecule has 2 rings (SSSR count). The smallest absolute Gasteiger partial charge is 0.246 e. The highest BCUT2D eigenvalue weighted by atomic mass is 16.5. The second-order valence-corrected chi connectivity index (χ2v) is 6.87. The molecule has 0 radical (unpaired) electrons. The van der Waals surface area contributed by atoms with Crippen molar-refractivity contribution in [2.24, 2.45) is 5.92 Å². The molecule has 0 bridgehead atoms. The van der Waals surface area contributed by atoms with Gasteiger partial charge in [-0.05, 0) is 17.9 Å². The van der Waals surface area contributed by atoms with Crippen LogP contribution in [0.15, 0.2) is 30.3 Å². The Labute approximate surface area is 140 Å². The number of rotatable bonds is 9. The van der Waals surface area contributed by atoms with E-state index in [1.807, 2.05) is 18.2 Å². The minimum absolute atomic E-state index is 0.120. The first-order chi connectivity index (χ1) is 11.2. The molecule has 1 aromatic carbocycles. The average molecular weight is 317 g/mol. The molecule has 2 atom stereocenters. The second-order valence-electron chi connectivity index (χ2n) is 6.87. The van der Waals surface area contributed by atoms with Gasteiger partial charge in [-0.15, -0.1) is 0 Å². The Hall–Kier alpha value is -1.35. The van der Waals surface area contributed by atoms with Crippen LogP contribution in [0.1, 0.15) is 76.2 Å². The first-order valence-electron chi connectivity index (χ1n) is 9.26. The van der Waals surface area contributed by atoms with Crippen molar-refractivity contribution in [2.75, 3.05) is 6.54 Å². The van der Waals surface area contributed by atoms with Gasteiger partial charge in [0.05, 0.1) is 6.54 Å². The fourth-order valence-electron chi connectivity index (χ4n) is 3.65. The molecule has 128 valence electrons. The lowest BCUT2D eigenvalue weighted by molar-refractivity contribution is -0.174. The highest BCUT2D eigenvalue weighted by molar-refractivity contribution is 5.76. The minimum atomic E-state index is -0.120. The summed E-state index contributed by atoms with van der Waals surface area (Å²) in [5.41, 5.74) is 1.24. The van der Waals surface area contributed by atoms with E-state index in [1.165, 1.54) is 50.5 Å². The van der Waals surface area contributed by atoms with Crippen LogP contribution in [-0.4, -0.2) is 22.7 Å². The fraction of sp³-hybridized carbons (Fsp3) is 0.650. The monoisotopic (exact) mass is 317 g/mol. The van der Waals surface area contributed by atoms with Gasteiger partial charge in [0, 0.05) is 12.3 Å². The van der Waals surface area contributed by atoms with Crippen LogP contribution in [0.2, 0.25) is 0 Å². The van der Waals surface area contributed by atoms with Crippen LogP contribution in [0.25, 0.3) is 0 Å². The van der Waals surface area contributed by atoms with Gasteiger partial charge in [0.25, 0.3) is 0 Å². The van der Waals surface area contributed by atoms with Gasteiger partial charge < -0.3 is 0 Å². The third-order valence-corrected chi connectivity index (χ3v) is 5.07. The molecular formula is C20H31NO2. The summed E-state index contributed by atoms with van der Waals surface area (Å²) in [4.78, 5) is 11.9. The van der Waals surface area contributed by atoms with Gasteiger partial charge >= 0.3 is 0 Å². The maximum Gasteiger partial charge on any atom is 0.246 e. The Bertz CT molecular complexity index is 460. The first kappa shape index (κ1) is 18.0. The summed E-state index contributed by atoms with van der Waals surface area (Å²) in [5, 5.41) is 10.7. The number of nitrogens with zero attached hydrogens (tertiary/aromatic N) is 1. The molecule has 0 aromatic heterocycles. The highest BCUT2D eigenvalue weighted by Crippen LogP contribution is 2.35. The molecule has 0 spiro atoms. The maximum atomic E-state index is 11.9. The Balaban J connectivity index is 1.83. The number of carbonyl (C=O) groups excluding carboxylic acids is 1. The third kappa shape index (κ3) is 5.65. The second kappa shape index (κ2) is 9.71. The van der Waals surface area contributed by atoms with E-state index in [1.54, 1.807) is 0 Å². The van der Waals surface area contributed by atoms with Gasteiger partial charge in [0.2, 0.25) is 5.91 Å². The number of piperidine rings is 1. The van der Waals surface area contributed by atoms with Crippen molar-refractivity contribution in [1.82, 2.24) is 5.06 Å². The van der Waals surface area contributed by atoms with E-state index < -0.39 is 0 Å². The van der Waals surface area contributed by atoms with Gasteiger partial charge in [-0.25, -0.2) is 5.06 Å². The molecule has 23 heavy (non-hydrogen) atoms. The summed E-state index contributed by atoms with van der Waals surface area (Å²) < 4.78 is 0. The third-order valence-electron chi connectivity index (χ3n) is 5.07. The number of amides is 1. The molecule has 3 nitrogen and oxygen atoms in total. The minimum Gasteiger partial charge on any atom is -0.286 e.